The van der Waals surface area contributed by atoms with Crippen LogP contribution in [0.5, 0.6) is 5.75 Å². The van der Waals surface area contributed by atoms with Gasteiger partial charge in [-0.1, -0.05) is 12.8 Å². The second kappa shape index (κ2) is 8.31. The van der Waals surface area contributed by atoms with Gasteiger partial charge in [-0.25, -0.2) is 4.39 Å². The Morgan fingerprint density at radius 2 is 2.05 bits per heavy atom. The van der Waals surface area contributed by atoms with E-state index in [0.717, 1.165) is 31.7 Å². The second-order valence-corrected chi connectivity index (χ2v) is 4.33. The molecule has 0 amide bonds. The monoisotopic (exact) mass is 286 g/mol. The molecule has 0 aliphatic heterocycles. The Bertz CT molecular complexity index is 454. The van der Waals surface area contributed by atoms with Gasteiger partial charge in [0.2, 0.25) is 0 Å². The zero-order valence-electron chi connectivity index (χ0n) is 11.4. The molecule has 0 saturated heterocycles. The maximum Gasteiger partial charge on any atom is 0.313 e. The number of ether oxygens (including phenoxy) is 1. The molecule has 112 valence electrons. The number of nitrogens with zero attached hydrogens (tertiary/aromatic N) is 1. The van der Waals surface area contributed by atoms with E-state index in [0.29, 0.717) is 6.54 Å². The molecule has 0 aromatic heterocycles. The van der Waals surface area contributed by atoms with Crippen molar-refractivity contribution in [1.29, 1.82) is 0 Å². The number of nitrogens with one attached hydrogen (secondary N) is 1. The van der Waals surface area contributed by atoms with Crippen LogP contribution in [0, 0.1) is 15.9 Å². The first-order valence-electron chi connectivity index (χ1n) is 6.46. The number of halogens is 1. The van der Waals surface area contributed by atoms with Gasteiger partial charge in [-0.15, -0.1) is 0 Å². The smallest absolute Gasteiger partial charge is 0.313 e. The van der Waals surface area contributed by atoms with Crippen LogP contribution in [0.4, 0.5) is 15.8 Å². The van der Waals surface area contributed by atoms with Crippen molar-refractivity contribution in [3.8, 4) is 5.75 Å². The number of aliphatic hydroxyl groups excluding tert-OH is 1. The summed E-state index contributed by atoms with van der Waals surface area (Å²) in [4.78, 5) is 10.0. The molecule has 0 spiro atoms. The molecule has 0 atom stereocenters. The third-order valence-electron chi connectivity index (χ3n) is 2.87. The quantitative estimate of drug-likeness (QED) is 0.414. The first-order chi connectivity index (χ1) is 9.60. The first kappa shape index (κ1) is 16.2. The summed E-state index contributed by atoms with van der Waals surface area (Å²) in [7, 11) is 1.30. The molecule has 0 unspecified atom stereocenters. The van der Waals surface area contributed by atoms with Crippen LogP contribution in [-0.2, 0) is 0 Å². The van der Waals surface area contributed by atoms with Gasteiger partial charge < -0.3 is 15.2 Å². The summed E-state index contributed by atoms with van der Waals surface area (Å²) < 4.78 is 18.6. The fourth-order valence-electron chi connectivity index (χ4n) is 1.80. The molecule has 6 nitrogen and oxygen atoms in total. The van der Waals surface area contributed by atoms with E-state index in [4.69, 9.17) is 9.84 Å². The van der Waals surface area contributed by atoms with Gasteiger partial charge in [0, 0.05) is 19.2 Å². The van der Waals surface area contributed by atoms with Crippen LogP contribution in [0.25, 0.3) is 0 Å². The minimum atomic E-state index is -0.680. The van der Waals surface area contributed by atoms with Crippen molar-refractivity contribution in [3.63, 3.8) is 0 Å². The molecule has 7 heteroatoms. The highest BCUT2D eigenvalue weighted by molar-refractivity contribution is 5.59. The number of nitro benzene ring substituents is 1. The first-order valence-corrected chi connectivity index (χ1v) is 6.46. The van der Waals surface area contributed by atoms with Crippen molar-refractivity contribution in [2.45, 2.75) is 25.7 Å². The Balaban J connectivity index is 2.60. The van der Waals surface area contributed by atoms with E-state index in [1.165, 1.54) is 13.2 Å². The topological polar surface area (TPSA) is 84.6 Å². The molecule has 0 saturated carbocycles. The Kier molecular flexibility index (Phi) is 6.72. The predicted molar refractivity (Wildman–Crippen MR) is 73.6 cm³/mol. The zero-order chi connectivity index (χ0) is 15.0. The maximum absolute atomic E-state index is 13.7. The molecule has 0 fully saturated rings. The number of benzene rings is 1. The maximum atomic E-state index is 13.7. The standard InChI is InChI=1S/C13H19FN2O4/c1-20-13-9-11(10(14)8-12(13)16(18)19)15-6-4-2-3-5-7-17/h8-9,15,17H,2-7H2,1H3. The van der Waals surface area contributed by atoms with Crippen LogP contribution in [-0.4, -0.2) is 30.3 Å². The van der Waals surface area contributed by atoms with Crippen molar-refractivity contribution >= 4 is 11.4 Å². The van der Waals surface area contributed by atoms with Gasteiger partial charge in [0.15, 0.2) is 11.6 Å². The summed E-state index contributed by atoms with van der Waals surface area (Å²) in [6, 6.07) is 2.15. The van der Waals surface area contributed by atoms with Crippen LogP contribution in [0.3, 0.4) is 0 Å². The Morgan fingerprint density at radius 3 is 2.65 bits per heavy atom. The number of aliphatic hydroxyl groups is 1. The van der Waals surface area contributed by atoms with Gasteiger partial charge in [0.25, 0.3) is 0 Å². The van der Waals surface area contributed by atoms with Crippen molar-refractivity contribution in [2.75, 3.05) is 25.6 Å². The van der Waals surface area contributed by atoms with Gasteiger partial charge in [0.1, 0.15) is 0 Å². The van der Waals surface area contributed by atoms with Crippen LogP contribution >= 0.6 is 0 Å². The van der Waals surface area contributed by atoms with Crippen LogP contribution < -0.4 is 10.1 Å². The molecule has 1 aromatic rings. The minimum Gasteiger partial charge on any atom is -0.490 e. The van der Waals surface area contributed by atoms with E-state index >= 15 is 0 Å². The van der Waals surface area contributed by atoms with Gasteiger partial charge in [0.05, 0.1) is 23.8 Å². The Hall–Kier alpha value is -1.89. The van der Waals surface area contributed by atoms with Gasteiger partial charge in [-0.2, -0.15) is 0 Å². The summed E-state index contributed by atoms with van der Waals surface area (Å²) >= 11 is 0. The van der Waals surface area contributed by atoms with E-state index in [1.807, 2.05) is 0 Å². The molecule has 1 aromatic carbocycles. The summed E-state index contributed by atoms with van der Waals surface area (Å²) in [6.45, 7) is 0.741. The number of hydrogen-bond donors (Lipinski definition) is 2. The van der Waals surface area contributed by atoms with Crippen molar-refractivity contribution in [3.05, 3.63) is 28.1 Å². The van der Waals surface area contributed by atoms with Gasteiger partial charge >= 0.3 is 5.69 Å². The number of rotatable bonds is 9. The zero-order valence-corrected chi connectivity index (χ0v) is 11.4. The van der Waals surface area contributed by atoms with E-state index in [2.05, 4.69) is 5.32 Å². The minimum absolute atomic E-state index is 0.0270. The van der Waals surface area contributed by atoms with E-state index < -0.39 is 16.4 Å². The summed E-state index contributed by atoms with van der Waals surface area (Å²) in [5.74, 6) is -0.646. The summed E-state index contributed by atoms with van der Waals surface area (Å²) in [6.07, 6.45) is 3.45. The number of unbranched alkanes of at least 4 members (excludes halogenated alkanes) is 3. The number of anilines is 1. The molecule has 2 N–H and O–H groups in total. The molecule has 0 heterocycles. The molecule has 0 bridgehead atoms. The molecule has 1 rings (SSSR count). The third-order valence-corrected chi connectivity index (χ3v) is 2.87. The lowest BCUT2D eigenvalue weighted by molar-refractivity contribution is -0.385. The molecular formula is C13H19FN2O4. The summed E-state index contributed by atoms with van der Waals surface area (Å²) in [5.41, 5.74) is -0.201. The second-order valence-electron chi connectivity index (χ2n) is 4.33. The van der Waals surface area contributed by atoms with Gasteiger partial charge in [-0.3, -0.25) is 10.1 Å². The van der Waals surface area contributed by atoms with Crippen molar-refractivity contribution < 1.29 is 19.2 Å². The van der Waals surface area contributed by atoms with Crippen molar-refractivity contribution in [1.82, 2.24) is 0 Å². The van der Waals surface area contributed by atoms with Crippen LogP contribution in [0.15, 0.2) is 12.1 Å². The fourth-order valence-corrected chi connectivity index (χ4v) is 1.80. The van der Waals surface area contributed by atoms with Crippen molar-refractivity contribution in [2.24, 2.45) is 0 Å². The SMILES string of the molecule is COc1cc(NCCCCCCO)c(F)cc1[N+](=O)[O-]. The summed E-state index contributed by atoms with van der Waals surface area (Å²) in [5, 5.41) is 22.2. The van der Waals surface area contributed by atoms with Crippen LogP contribution in [0.1, 0.15) is 25.7 Å². The largest absolute Gasteiger partial charge is 0.490 e. The highest BCUT2D eigenvalue weighted by Crippen LogP contribution is 2.32. The molecular weight excluding hydrogens is 267 g/mol. The van der Waals surface area contributed by atoms with E-state index in [9.17, 15) is 14.5 Å². The molecule has 0 aliphatic carbocycles. The number of hydrogen-bond acceptors (Lipinski definition) is 5. The Labute approximate surface area is 116 Å². The lowest BCUT2D eigenvalue weighted by Crippen LogP contribution is -2.05. The van der Waals surface area contributed by atoms with E-state index in [-0.39, 0.29) is 18.0 Å². The number of nitro groups is 1. The molecule has 0 radical (unpaired) electrons. The molecule has 20 heavy (non-hydrogen) atoms. The highest BCUT2D eigenvalue weighted by atomic mass is 19.1. The highest BCUT2D eigenvalue weighted by Gasteiger charge is 2.18. The average molecular weight is 286 g/mol. The average Bonchev–Trinajstić information content (AvgIpc) is 2.43. The normalized spacial score (nSPS) is 10.3. The fraction of sp³-hybridized carbons (Fsp3) is 0.538. The van der Waals surface area contributed by atoms with E-state index in [1.54, 1.807) is 0 Å². The van der Waals surface area contributed by atoms with Crippen LogP contribution in [0.2, 0.25) is 0 Å². The predicted octanol–water partition coefficient (Wildman–Crippen LogP) is 2.71. The molecule has 0 aliphatic rings. The number of methoxy groups -OCH3 is 1. The third kappa shape index (κ3) is 4.65. The lowest BCUT2D eigenvalue weighted by atomic mass is 10.2. The Morgan fingerprint density at radius 1 is 1.35 bits per heavy atom. The lowest BCUT2D eigenvalue weighted by Gasteiger charge is -2.09. The van der Waals surface area contributed by atoms with Gasteiger partial charge in [-0.05, 0) is 12.8 Å².